The molecule has 0 bridgehead atoms. The third kappa shape index (κ3) is 3.26. The number of anilines is 1. The number of amides is 1. The van der Waals surface area contributed by atoms with Crippen molar-refractivity contribution in [3.63, 3.8) is 0 Å². The van der Waals surface area contributed by atoms with E-state index in [9.17, 15) is 4.79 Å². The summed E-state index contributed by atoms with van der Waals surface area (Å²) in [6.45, 7) is 3.55. The van der Waals surface area contributed by atoms with Crippen LogP contribution in [0.2, 0.25) is 0 Å². The van der Waals surface area contributed by atoms with Crippen molar-refractivity contribution >= 4 is 23.1 Å². The highest BCUT2D eigenvalue weighted by atomic mass is 32.1. The molecule has 0 N–H and O–H groups in total. The lowest BCUT2D eigenvalue weighted by Gasteiger charge is -2.47. The number of rotatable bonds is 3. The third-order valence-corrected chi connectivity index (χ3v) is 5.80. The van der Waals surface area contributed by atoms with Gasteiger partial charge in [0.15, 0.2) is 5.82 Å². The second-order valence-corrected chi connectivity index (χ2v) is 7.43. The van der Waals surface area contributed by atoms with Crippen LogP contribution in [0.1, 0.15) is 23.2 Å². The summed E-state index contributed by atoms with van der Waals surface area (Å²) in [4.78, 5) is 25.4. The van der Waals surface area contributed by atoms with E-state index in [1.807, 2.05) is 21.7 Å². The van der Waals surface area contributed by atoms with Gasteiger partial charge in [-0.05, 0) is 24.3 Å². The van der Waals surface area contributed by atoms with Gasteiger partial charge in [-0.1, -0.05) is 0 Å². The minimum atomic E-state index is -0.244. The van der Waals surface area contributed by atoms with Gasteiger partial charge in [-0.2, -0.15) is 11.3 Å². The molecule has 138 valence electrons. The molecule has 0 atom stereocenters. The zero-order valence-electron chi connectivity index (χ0n) is 14.8. The van der Waals surface area contributed by atoms with Gasteiger partial charge in [-0.25, -0.2) is 9.97 Å². The van der Waals surface area contributed by atoms with Gasteiger partial charge in [0.2, 0.25) is 0 Å². The molecule has 2 aliphatic heterocycles. The minimum Gasteiger partial charge on any atom is -0.478 e. The van der Waals surface area contributed by atoms with Crippen molar-refractivity contribution in [1.82, 2.24) is 14.9 Å². The highest BCUT2D eigenvalue weighted by molar-refractivity contribution is 7.08. The van der Waals surface area contributed by atoms with Crippen molar-refractivity contribution in [2.24, 2.45) is 0 Å². The number of carbonyl (C=O) groups excluding carboxylic acids is 1. The number of hydrogen-bond acceptors (Lipinski definition) is 7. The number of carbonyl (C=O) groups is 1. The van der Waals surface area contributed by atoms with Crippen LogP contribution in [0.3, 0.4) is 0 Å². The van der Waals surface area contributed by atoms with Crippen LogP contribution in [-0.4, -0.2) is 66.3 Å². The first-order valence-electron chi connectivity index (χ1n) is 8.76. The topological polar surface area (TPSA) is 67.8 Å². The van der Waals surface area contributed by atoms with Gasteiger partial charge in [0.1, 0.15) is 0 Å². The summed E-state index contributed by atoms with van der Waals surface area (Å²) in [6.07, 6.45) is 4.96. The Hall–Kier alpha value is -2.19. The zero-order chi connectivity index (χ0) is 18.0. The van der Waals surface area contributed by atoms with E-state index in [0.717, 1.165) is 37.3 Å². The van der Waals surface area contributed by atoms with Gasteiger partial charge in [-0.3, -0.25) is 4.79 Å². The number of ether oxygens (including phenoxy) is 2. The Morgan fingerprint density at radius 1 is 1.27 bits per heavy atom. The SMILES string of the molecule is COc1nccnc1N1CCOC2(CCN(C(=O)c3ccsc3)CC2)C1. The Bertz CT molecular complexity index is 760. The van der Waals surface area contributed by atoms with Gasteiger partial charge in [-0.15, -0.1) is 0 Å². The molecule has 0 aliphatic carbocycles. The van der Waals surface area contributed by atoms with Crippen LogP contribution in [0.5, 0.6) is 5.88 Å². The number of thiophene rings is 1. The summed E-state index contributed by atoms with van der Waals surface area (Å²) in [7, 11) is 1.61. The van der Waals surface area contributed by atoms with Gasteiger partial charge in [0.05, 0.1) is 24.9 Å². The fourth-order valence-corrected chi connectivity index (χ4v) is 4.32. The second kappa shape index (κ2) is 7.20. The highest BCUT2D eigenvalue weighted by Crippen LogP contribution is 2.34. The van der Waals surface area contributed by atoms with Crippen LogP contribution in [0, 0.1) is 0 Å². The summed E-state index contributed by atoms with van der Waals surface area (Å²) >= 11 is 1.55. The van der Waals surface area contributed by atoms with E-state index in [4.69, 9.17) is 9.47 Å². The maximum atomic E-state index is 12.5. The molecule has 2 aromatic heterocycles. The first-order valence-corrected chi connectivity index (χ1v) is 9.70. The predicted molar refractivity (Wildman–Crippen MR) is 98.9 cm³/mol. The van der Waals surface area contributed by atoms with Crippen LogP contribution in [0.4, 0.5) is 5.82 Å². The number of aromatic nitrogens is 2. The van der Waals surface area contributed by atoms with Crippen molar-refractivity contribution in [2.45, 2.75) is 18.4 Å². The molecule has 0 aromatic carbocycles. The quantitative estimate of drug-likeness (QED) is 0.819. The van der Waals surface area contributed by atoms with E-state index >= 15 is 0 Å². The second-order valence-electron chi connectivity index (χ2n) is 6.65. The maximum absolute atomic E-state index is 12.5. The molecular formula is C18H22N4O3S. The van der Waals surface area contributed by atoms with Crippen LogP contribution >= 0.6 is 11.3 Å². The fourth-order valence-electron chi connectivity index (χ4n) is 3.69. The van der Waals surface area contributed by atoms with Gasteiger partial charge < -0.3 is 19.3 Å². The number of likely N-dealkylation sites (tertiary alicyclic amines) is 1. The Morgan fingerprint density at radius 2 is 2.08 bits per heavy atom. The Balaban J connectivity index is 1.44. The molecular weight excluding hydrogens is 352 g/mol. The van der Waals surface area contributed by atoms with Crippen LogP contribution < -0.4 is 9.64 Å². The van der Waals surface area contributed by atoms with Gasteiger partial charge in [0.25, 0.3) is 11.8 Å². The predicted octanol–water partition coefficient (Wildman–Crippen LogP) is 2.06. The summed E-state index contributed by atoms with van der Waals surface area (Å²) in [5.74, 6) is 1.41. The van der Waals surface area contributed by atoms with Crippen molar-refractivity contribution in [2.75, 3.05) is 44.8 Å². The minimum absolute atomic E-state index is 0.115. The van der Waals surface area contributed by atoms with Crippen molar-refractivity contribution in [1.29, 1.82) is 0 Å². The molecule has 1 amide bonds. The molecule has 26 heavy (non-hydrogen) atoms. The molecule has 0 unspecified atom stereocenters. The number of methoxy groups -OCH3 is 1. The standard InChI is InChI=1S/C18H22N4O3S/c1-24-16-15(19-5-6-20-16)22-9-10-25-18(13-22)3-7-21(8-4-18)17(23)14-2-11-26-12-14/h2,5-6,11-12H,3-4,7-10,13H2,1H3. The molecule has 7 nitrogen and oxygen atoms in total. The molecule has 0 radical (unpaired) electrons. The third-order valence-electron chi connectivity index (χ3n) is 5.12. The van der Waals surface area contributed by atoms with E-state index < -0.39 is 0 Å². The smallest absolute Gasteiger partial charge is 0.257 e. The molecule has 2 aliphatic rings. The molecule has 4 rings (SSSR count). The van der Waals surface area contributed by atoms with Gasteiger partial charge in [0, 0.05) is 44.0 Å². The van der Waals surface area contributed by atoms with Crippen molar-refractivity contribution < 1.29 is 14.3 Å². The molecule has 0 saturated carbocycles. The fraction of sp³-hybridized carbons (Fsp3) is 0.500. The lowest BCUT2D eigenvalue weighted by atomic mass is 9.89. The monoisotopic (exact) mass is 374 g/mol. The van der Waals surface area contributed by atoms with E-state index in [0.29, 0.717) is 25.6 Å². The summed E-state index contributed by atoms with van der Waals surface area (Å²) in [5, 5.41) is 3.85. The molecule has 8 heteroatoms. The molecule has 2 aromatic rings. The van der Waals surface area contributed by atoms with Crippen molar-refractivity contribution in [3.8, 4) is 5.88 Å². The Kier molecular flexibility index (Phi) is 4.78. The molecule has 1 spiro atoms. The average molecular weight is 374 g/mol. The van der Waals surface area contributed by atoms with E-state index in [2.05, 4.69) is 14.9 Å². The normalized spacial score (nSPS) is 19.6. The average Bonchev–Trinajstić information content (AvgIpc) is 3.23. The lowest BCUT2D eigenvalue weighted by Crippen LogP contribution is -2.57. The lowest BCUT2D eigenvalue weighted by molar-refractivity contribution is -0.0871. The number of morpholine rings is 1. The Labute approximate surface area is 156 Å². The molecule has 2 fully saturated rings. The molecule has 4 heterocycles. The first kappa shape index (κ1) is 17.2. The maximum Gasteiger partial charge on any atom is 0.257 e. The van der Waals surface area contributed by atoms with Gasteiger partial charge >= 0.3 is 0 Å². The largest absolute Gasteiger partial charge is 0.478 e. The van der Waals surface area contributed by atoms with E-state index in [-0.39, 0.29) is 11.5 Å². The summed E-state index contributed by atoms with van der Waals surface area (Å²) < 4.78 is 11.5. The first-order chi connectivity index (χ1) is 12.7. The number of piperidine rings is 1. The van der Waals surface area contributed by atoms with Crippen LogP contribution in [0.25, 0.3) is 0 Å². The molecule has 2 saturated heterocycles. The Morgan fingerprint density at radius 3 is 2.81 bits per heavy atom. The van der Waals surface area contributed by atoms with Crippen molar-refractivity contribution in [3.05, 3.63) is 34.8 Å². The number of hydrogen-bond donors (Lipinski definition) is 0. The number of nitrogens with zero attached hydrogens (tertiary/aromatic N) is 4. The van der Waals surface area contributed by atoms with E-state index in [1.54, 1.807) is 30.8 Å². The summed E-state index contributed by atoms with van der Waals surface area (Å²) in [6, 6.07) is 1.89. The highest BCUT2D eigenvalue weighted by Gasteiger charge is 2.41. The van der Waals surface area contributed by atoms with Crippen LogP contribution in [-0.2, 0) is 4.74 Å². The van der Waals surface area contributed by atoms with E-state index in [1.165, 1.54) is 0 Å². The summed E-state index contributed by atoms with van der Waals surface area (Å²) in [5.41, 5.74) is 0.535. The van der Waals surface area contributed by atoms with Crippen LogP contribution in [0.15, 0.2) is 29.2 Å². The zero-order valence-corrected chi connectivity index (χ0v) is 15.6.